The number of aliphatic carboxylic acids is 1. The molecule has 1 heterocycles. The Bertz CT molecular complexity index is 451. The topological polar surface area (TPSA) is 52.6 Å². The van der Waals surface area contributed by atoms with E-state index < -0.39 is 12.0 Å². The summed E-state index contributed by atoms with van der Waals surface area (Å²) in [5.74, 6) is -0.770. The van der Waals surface area contributed by atoms with E-state index in [1.165, 1.54) is 0 Å². The van der Waals surface area contributed by atoms with Crippen molar-refractivity contribution in [2.45, 2.75) is 19.5 Å². The molecule has 1 fully saturated rings. The second-order valence-electron chi connectivity index (χ2n) is 4.60. The highest BCUT2D eigenvalue weighted by Crippen LogP contribution is 2.18. The van der Waals surface area contributed by atoms with E-state index in [2.05, 4.69) is 5.32 Å². The van der Waals surface area contributed by atoms with E-state index in [0.717, 1.165) is 24.2 Å². The van der Waals surface area contributed by atoms with Gasteiger partial charge in [-0.15, -0.1) is 0 Å². The smallest absolute Gasteiger partial charge is 0.322 e. The third-order valence-corrected chi connectivity index (χ3v) is 3.55. The molecular formula is C13H17ClN2O2. The number of piperazine rings is 1. The van der Waals surface area contributed by atoms with Gasteiger partial charge in [0.1, 0.15) is 6.04 Å². The van der Waals surface area contributed by atoms with Crippen molar-refractivity contribution in [1.82, 2.24) is 10.2 Å². The van der Waals surface area contributed by atoms with Crippen LogP contribution >= 0.6 is 11.6 Å². The lowest BCUT2D eigenvalue weighted by Gasteiger charge is -2.33. The number of aryl methyl sites for hydroxylation is 1. The molecule has 1 aliphatic heterocycles. The first kappa shape index (κ1) is 13.3. The molecule has 1 atom stereocenters. The molecule has 1 aromatic rings. The van der Waals surface area contributed by atoms with Crippen LogP contribution in [0.2, 0.25) is 5.02 Å². The maximum absolute atomic E-state index is 11.2. The van der Waals surface area contributed by atoms with Crippen LogP contribution in [-0.4, -0.2) is 41.7 Å². The average molecular weight is 269 g/mol. The van der Waals surface area contributed by atoms with E-state index in [0.29, 0.717) is 18.1 Å². The number of carboxylic acid groups (broad SMARTS) is 1. The number of carbonyl (C=O) groups is 1. The summed E-state index contributed by atoms with van der Waals surface area (Å²) in [6, 6.07) is 5.28. The molecule has 1 saturated heterocycles. The number of halogens is 1. The SMILES string of the molecule is Cc1cc(Cl)ccc1CN1CCNCC1C(=O)O. The Kier molecular flexibility index (Phi) is 4.22. The highest BCUT2D eigenvalue weighted by Gasteiger charge is 2.28. The third kappa shape index (κ3) is 3.02. The Balaban J connectivity index is 2.13. The molecule has 0 amide bonds. The molecule has 2 rings (SSSR count). The zero-order valence-corrected chi connectivity index (χ0v) is 11.1. The monoisotopic (exact) mass is 268 g/mol. The summed E-state index contributed by atoms with van der Waals surface area (Å²) in [6.07, 6.45) is 0. The first-order valence-electron chi connectivity index (χ1n) is 6.00. The van der Waals surface area contributed by atoms with Crippen molar-refractivity contribution in [2.75, 3.05) is 19.6 Å². The van der Waals surface area contributed by atoms with Gasteiger partial charge >= 0.3 is 5.97 Å². The molecule has 98 valence electrons. The summed E-state index contributed by atoms with van der Waals surface area (Å²) in [7, 11) is 0. The van der Waals surface area contributed by atoms with Crippen LogP contribution in [0.25, 0.3) is 0 Å². The van der Waals surface area contributed by atoms with Gasteiger partial charge in [-0.05, 0) is 30.2 Å². The summed E-state index contributed by atoms with van der Waals surface area (Å²) in [5, 5.41) is 13.0. The molecule has 0 aromatic heterocycles. The van der Waals surface area contributed by atoms with E-state index in [1.54, 1.807) is 0 Å². The molecule has 0 radical (unpaired) electrons. The minimum atomic E-state index is -0.770. The number of nitrogens with one attached hydrogen (secondary N) is 1. The summed E-state index contributed by atoms with van der Waals surface area (Å²) >= 11 is 5.92. The lowest BCUT2D eigenvalue weighted by molar-refractivity contribution is -0.144. The van der Waals surface area contributed by atoms with Crippen molar-refractivity contribution >= 4 is 17.6 Å². The maximum Gasteiger partial charge on any atom is 0.322 e. The van der Waals surface area contributed by atoms with E-state index in [-0.39, 0.29) is 0 Å². The van der Waals surface area contributed by atoms with Gasteiger partial charge in [0, 0.05) is 31.2 Å². The third-order valence-electron chi connectivity index (χ3n) is 3.32. The molecule has 4 nitrogen and oxygen atoms in total. The van der Waals surface area contributed by atoms with Gasteiger partial charge in [-0.25, -0.2) is 0 Å². The first-order chi connectivity index (χ1) is 8.58. The van der Waals surface area contributed by atoms with Crippen molar-refractivity contribution in [2.24, 2.45) is 0 Å². The van der Waals surface area contributed by atoms with E-state index in [9.17, 15) is 9.90 Å². The summed E-state index contributed by atoms with van der Waals surface area (Å²) in [5.41, 5.74) is 2.23. The predicted molar refractivity (Wildman–Crippen MR) is 70.9 cm³/mol. The Labute approximate surface area is 112 Å². The van der Waals surface area contributed by atoms with Gasteiger partial charge in [0.15, 0.2) is 0 Å². The van der Waals surface area contributed by atoms with Gasteiger partial charge in [0.2, 0.25) is 0 Å². The molecule has 1 unspecified atom stereocenters. The molecule has 0 bridgehead atoms. The van der Waals surface area contributed by atoms with Crippen LogP contribution in [0.5, 0.6) is 0 Å². The van der Waals surface area contributed by atoms with Gasteiger partial charge in [0.05, 0.1) is 0 Å². The van der Waals surface area contributed by atoms with Gasteiger partial charge in [-0.1, -0.05) is 17.7 Å². The fourth-order valence-electron chi connectivity index (χ4n) is 2.23. The van der Waals surface area contributed by atoms with Crippen molar-refractivity contribution in [3.05, 3.63) is 34.3 Å². The fraction of sp³-hybridized carbons (Fsp3) is 0.462. The lowest BCUT2D eigenvalue weighted by Crippen LogP contribution is -2.54. The quantitative estimate of drug-likeness (QED) is 0.873. The van der Waals surface area contributed by atoms with Crippen LogP contribution in [0.3, 0.4) is 0 Å². The van der Waals surface area contributed by atoms with Crippen molar-refractivity contribution in [3.63, 3.8) is 0 Å². The van der Waals surface area contributed by atoms with Crippen LogP contribution in [0, 0.1) is 6.92 Å². The van der Waals surface area contributed by atoms with E-state index in [1.807, 2.05) is 30.0 Å². The molecule has 1 aromatic carbocycles. The largest absolute Gasteiger partial charge is 0.480 e. The lowest BCUT2D eigenvalue weighted by atomic mass is 10.1. The Morgan fingerprint density at radius 1 is 1.61 bits per heavy atom. The molecule has 2 N–H and O–H groups in total. The highest BCUT2D eigenvalue weighted by molar-refractivity contribution is 6.30. The standard InChI is InChI=1S/C13H17ClN2O2/c1-9-6-11(14)3-2-10(9)8-16-5-4-15-7-12(16)13(17)18/h2-3,6,12,15H,4-5,7-8H2,1H3,(H,17,18). The van der Waals surface area contributed by atoms with Gasteiger partial charge in [-0.3, -0.25) is 9.69 Å². The van der Waals surface area contributed by atoms with Crippen LogP contribution in [-0.2, 0) is 11.3 Å². The number of rotatable bonds is 3. The second-order valence-corrected chi connectivity index (χ2v) is 5.04. The molecule has 1 aliphatic rings. The predicted octanol–water partition coefficient (Wildman–Crippen LogP) is 1.51. The first-order valence-corrected chi connectivity index (χ1v) is 6.38. The van der Waals surface area contributed by atoms with E-state index >= 15 is 0 Å². The molecule has 18 heavy (non-hydrogen) atoms. The Morgan fingerprint density at radius 3 is 3.06 bits per heavy atom. The average Bonchev–Trinajstić information content (AvgIpc) is 2.33. The fourth-order valence-corrected chi connectivity index (χ4v) is 2.46. The van der Waals surface area contributed by atoms with Crippen LogP contribution in [0.1, 0.15) is 11.1 Å². The van der Waals surface area contributed by atoms with E-state index in [4.69, 9.17) is 11.6 Å². The summed E-state index contributed by atoms with van der Waals surface area (Å²) < 4.78 is 0. The molecule has 5 heteroatoms. The van der Waals surface area contributed by atoms with Crippen molar-refractivity contribution in [3.8, 4) is 0 Å². The second kappa shape index (κ2) is 5.69. The van der Waals surface area contributed by atoms with Crippen LogP contribution < -0.4 is 5.32 Å². The van der Waals surface area contributed by atoms with Crippen molar-refractivity contribution in [1.29, 1.82) is 0 Å². The van der Waals surface area contributed by atoms with Crippen LogP contribution in [0.4, 0.5) is 0 Å². The number of hydrogen-bond donors (Lipinski definition) is 2. The zero-order chi connectivity index (χ0) is 13.1. The van der Waals surface area contributed by atoms with Gasteiger partial charge in [-0.2, -0.15) is 0 Å². The number of carboxylic acids is 1. The molecule has 0 saturated carbocycles. The minimum absolute atomic E-state index is 0.450. The Morgan fingerprint density at radius 2 is 2.39 bits per heavy atom. The van der Waals surface area contributed by atoms with Gasteiger partial charge in [0.25, 0.3) is 0 Å². The normalized spacial score (nSPS) is 20.9. The zero-order valence-electron chi connectivity index (χ0n) is 10.3. The van der Waals surface area contributed by atoms with Gasteiger partial charge < -0.3 is 10.4 Å². The summed E-state index contributed by atoms with van der Waals surface area (Å²) in [6.45, 7) is 4.73. The highest BCUT2D eigenvalue weighted by atomic mass is 35.5. The summed E-state index contributed by atoms with van der Waals surface area (Å²) in [4.78, 5) is 13.2. The Hall–Kier alpha value is -1.10. The molecule has 0 spiro atoms. The maximum atomic E-state index is 11.2. The van der Waals surface area contributed by atoms with Crippen molar-refractivity contribution < 1.29 is 9.90 Å². The number of nitrogens with zero attached hydrogens (tertiary/aromatic N) is 1. The molecular weight excluding hydrogens is 252 g/mol. The molecule has 0 aliphatic carbocycles. The minimum Gasteiger partial charge on any atom is -0.480 e. The number of hydrogen-bond acceptors (Lipinski definition) is 3. The number of benzene rings is 1. The van der Waals surface area contributed by atoms with Crippen LogP contribution in [0.15, 0.2) is 18.2 Å².